The standard InChI is InChI=1S/C42H75N19O10/c1-23(55-40(70)33(31(62)19-46)60-37(67)26(47)10-4-6-14-43)35(65)53-21-32(63)56-29(12-8-16-45)41(71)61(3)24(2)36(66)59-30(18-25-20-51-22-54-25)39(69)58-28(11-5-7-15-44)38(68)57-27(34(48)64)13-9-17-52-42(49)50/h13,20,22-24,26,28,30-31,33,62H,4-12,14-19,21,43-47H2,1-3H3,(H2,48,64)(H,51,54)(H,53,65)(H,55,70)(H,57,68)(H,58,69)(H,59,66)(H,60,67)(H4,49,50,52)/b27-13-,56-29+/t23-,24-,26-,28-,30-,31-,33-/m0/s1. The Bertz CT molecular complexity index is 2000. The van der Waals surface area contributed by atoms with E-state index >= 15 is 0 Å². The molecule has 29 nitrogen and oxygen atoms in total. The number of unbranched alkanes of at least 4 members (excludes halogenated alkanes) is 2. The molecule has 7 atom stereocenters. The van der Waals surface area contributed by atoms with Crippen molar-refractivity contribution in [1.29, 1.82) is 5.41 Å². The molecule has 0 radical (unpaired) electrons. The van der Waals surface area contributed by atoms with E-state index in [-0.39, 0.29) is 75.5 Å². The van der Waals surface area contributed by atoms with Gasteiger partial charge in [0.05, 0.1) is 25.0 Å². The van der Waals surface area contributed by atoms with Crippen LogP contribution < -0.4 is 77.4 Å². The number of hydrogen-bond donors (Lipinski definition) is 17. The third-order valence-corrected chi connectivity index (χ3v) is 10.6. The second-order valence-electron chi connectivity index (χ2n) is 16.4. The minimum absolute atomic E-state index is 0.0717. The van der Waals surface area contributed by atoms with Crippen LogP contribution in [0.1, 0.15) is 77.3 Å². The molecule has 0 bridgehead atoms. The molecule has 1 aromatic heterocycles. The number of guanidine groups is 1. The molecule has 24 N–H and O–H groups in total. The van der Waals surface area contributed by atoms with Gasteiger partial charge in [-0.25, -0.2) is 9.98 Å². The molecular weight excluding hydrogens is 931 g/mol. The fourth-order valence-electron chi connectivity index (χ4n) is 6.29. The van der Waals surface area contributed by atoms with E-state index in [0.29, 0.717) is 37.9 Å². The number of nitrogens with one attached hydrogen (secondary N) is 9. The van der Waals surface area contributed by atoms with Crippen LogP contribution in [0.2, 0.25) is 0 Å². The van der Waals surface area contributed by atoms with E-state index in [2.05, 4.69) is 52.2 Å². The zero-order valence-electron chi connectivity index (χ0n) is 40.6. The zero-order chi connectivity index (χ0) is 53.6. The minimum atomic E-state index is -1.57. The van der Waals surface area contributed by atoms with Gasteiger partial charge >= 0.3 is 0 Å². The summed E-state index contributed by atoms with van der Waals surface area (Å²) in [6.07, 6.45) is 4.97. The second-order valence-corrected chi connectivity index (χ2v) is 16.4. The van der Waals surface area contributed by atoms with Gasteiger partial charge in [-0.2, -0.15) is 0 Å². The molecule has 1 heterocycles. The first kappa shape index (κ1) is 62.1. The van der Waals surface area contributed by atoms with Crippen LogP contribution in [0.3, 0.4) is 0 Å². The molecule has 1 rings (SSSR count). The van der Waals surface area contributed by atoms with Gasteiger partial charge in [-0.3, -0.25) is 48.6 Å². The summed E-state index contributed by atoms with van der Waals surface area (Å²) >= 11 is 0. The van der Waals surface area contributed by atoms with Gasteiger partial charge in [0.2, 0.25) is 35.4 Å². The van der Waals surface area contributed by atoms with Crippen molar-refractivity contribution < 1.29 is 48.3 Å². The number of likely N-dealkylation sites (N-methyl/N-ethyl adjacent to an activating group) is 1. The van der Waals surface area contributed by atoms with E-state index in [0.717, 1.165) is 4.90 Å². The molecule has 0 fully saturated rings. The van der Waals surface area contributed by atoms with Crippen molar-refractivity contribution in [3.8, 4) is 0 Å². The van der Waals surface area contributed by atoms with E-state index in [1.807, 2.05) is 0 Å². The van der Waals surface area contributed by atoms with Gasteiger partial charge in [0.25, 0.3) is 17.7 Å². The summed E-state index contributed by atoms with van der Waals surface area (Å²) in [7, 11) is 1.26. The Kier molecular flexibility index (Phi) is 29.4. The molecule has 1 aromatic rings. The van der Waals surface area contributed by atoms with Gasteiger partial charge in [0.1, 0.15) is 41.6 Å². The number of aliphatic hydroxyl groups excluding tert-OH is 1. The monoisotopic (exact) mass is 1010 g/mol. The SMILES string of the molecule is C[C@H](NC(=O)[C@@H](NC(=O)[C@@H](N)CCCCN)[C@@H](O)CN)C(=O)NCC(=O)/N=C(\CCCN)C(=O)N(C)[C@@H](C)C(=O)N[C@@H](Cc1cnc[nH]1)C(=O)N[C@@H](CCCCN)C(=O)N/C(=C\CCNC(=N)N)C(N)=O. The number of aliphatic hydroxyl groups is 1. The first-order valence-corrected chi connectivity index (χ1v) is 23.1. The van der Waals surface area contributed by atoms with Crippen LogP contribution in [0.25, 0.3) is 0 Å². The molecule has 398 valence electrons. The quantitative estimate of drug-likeness (QED) is 0.0132. The molecule has 9 amide bonds. The lowest BCUT2D eigenvalue weighted by atomic mass is 10.1. The zero-order valence-corrected chi connectivity index (χ0v) is 40.6. The Labute approximate surface area is 411 Å². The van der Waals surface area contributed by atoms with E-state index in [9.17, 15) is 48.3 Å². The van der Waals surface area contributed by atoms with E-state index in [1.165, 1.54) is 39.5 Å². The van der Waals surface area contributed by atoms with Crippen molar-refractivity contribution in [3.05, 3.63) is 30.0 Å². The lowest BCUT2D eigenvalue weighted by Crippen LogP contribution is -2.60. The Morgan fingerprint density at radius 1 is 0.803 bits per heavy atom. The fourth-order valence-corrected chi connectivity index (χ4v) is 6.29. The molecule has 0 saturated carbocycles. The van der Waals surface area contributed by atoms with Gasteiger partial charge in [0.15, 0.2) is 5.96 Å². The number of nitrogens with zero attached hydrogens (tertiary/aromatic N) is 3. The average molecular weight is 1010 g/mol. The molecular formula is C42H75N19O10. The highest BCUT2D eigenvalue weighted by Gasteiger charge is 2.34. The van der Waals surface area contributed by atoms with Crippen molar-refractivity contribution in [2.75, 3.05) is 46.3 Å². The number of primary amides is 1. The van der Waals surface area contributed by atoms with Crippen molar-refractivity contribution in [2.24, 2.45) is 45.1 Å². The number of carbonyl (C=O) groups is 9. The number of H-pyrrole nitrogens is 1. The number of rotatable bonds is 34. The predicted octanol–water partition coefficient (Wildman–Crippen LogP) is -7.16. The molecule has 0 unspecified atom stereocenters. The van der Waals surface area contributed by atoms with Gasteiger partial charge in [0, 0.05) is 38.4 Å². The van der Waals surface area contributed by atoms with Crippen LogP contribution in [0.4, 0.5) is 0 Å². The maximum atomic E-state index is 13.9. The Hall–Kier alpha value is -6.92. The smallest absolute Gasteiger partial charge is 0.268 e. The molecule has 29 heteroatoms. The molecule has 0 aliphatic rings. The number of aromatic nitrogens is 2. The third kappa shape index (κ3) is 23.5. The van der Waals surface area contributed by atoms with E-state index in [1.54, 1.807) is 0 Å². The highest BCUT2D eigenvalue weighted by Crippen LogP contribution is 2.09. The van der Waals surface area contributed by atoms with E-state index < -0.39 is 109 Å². The van der Waals surface area contributed by atoms with Crippen LogP contribution in [0.5, 0.6) is 0 Å². The summed E-state index contributed by atoms with van der Waals surface area (Å²) in [4.78, 5) is 131. The average Bonchev–Trinajstić information content (AvgIpc) is 3.85. The highest BCUT2D eigenvalue weighted by molar-refractivity contribution is 6.40. The summed E-state index contributed by atoms with van der Waals surface area (Å²) in [6.45, 7) is 2.38. The second kappa shape index (κ2) is 33.6. The summed E-state index contributed by atoms with van der Waals surface area (Å²) in [5, 5.41) is 34.8. The van der Waals surface area contributed by atoms with Crippen LogP contribution in [0, 0.1) is 5.41 Å². The Morgan fingerprint density at radius 3 is 2.01 bits per heavy atom. The van der Waals surface area contributed by atoms with Crippen LogP contribution in [-0.2, 0) is 49.6 Å². The van der Waals surface area contributed by atoms with Gasteiger partial charge in [-0.1, -0.05) is 12.5 Å². The summed E-state index contributed by atoms with van der Waals surface area (Å²) in [5.74, 6) is -8.15. The topological polar surface area (TPSA) is 508 Å². The van der Waals surface area contributed by atoms with Crippen LogP contribution >= 0.6 is 0 Å². The van der Waals surface area contributed by atoms with Crippen molar-refractivity contribution in [1.82, 2.24) is 52.1 Å². The number of hydrogen-bond acceptors (Lipinski definition) is 17. The molecule has 0 spiro atoms. The number of amides is 9. The summed E-state index contributed by atoms with van der Waals surface area (Å²) in [5.41, 5.74) is 38.9. The highest BCUT2D eigenvalue weighted by atomic mass is 16.3. The number of nitrogens with two attached hydrogens (primary N) is 7. The van der Waals surface area contributed by atoms with Crippen LogP contribution in [-0.4, -0.2) is 173 Å². The molecule has 71 heavy (non-hydrogen) atoms. The number of aliphatic imine (C=N–C) groups is 1. The van der Waals surface area contributed by atoms with Gasteiger partial charge < -0.3 is 92.3 Å². The Morgan fingerprint density at radius 2 is 1.44 bits per heavy atom. The predicted molar refractivity (Wildman–Crippen MR) is 260 cm³/mol. The maximum Gasteiger partial charge on any atom is 0.268 e. The molecule has 0 aliphatic heterocycles. The molecule has 0 saturated heterocycles. The van der Waals surface area contributed by atoms with Gasteiger partial charge in [-0.15, -0.1) is 0 Å². The minimum Gasteiger partial charge on any atom is -0.389 e. The lowest BCUT2D eigenvalue weighted by molar-refractivity contribution is -0.136. The first-order chi connectivity index (χ1) is 33.6. The summed E-state index contributed by atoms with van der Waals surface area (Å²) in [6, 6.07) is -7.81. The first-order valence-electron chi connectivity index (χ1n) is 23.1. The number of aromatic amines is 1. The number of imidazole rings is 1. The van der Waals surface area contributed by atoms with Crippen LogP contribution in [0.15, 0.2) is 29.3 Å². The normalized spacial score (nSPS) is 14.5. The number of carbonyl (C=O) groups excluding carboxylic acids is 9. The lowest BCUT2D eigenvalue weighted by Gasteiger charge is -2.28. The summed E-state index contributed by atoms with van der Waals surface area (Å²) < 4.78 is 0. The largest absolute Gasteiger partial charge is 0.389 e. The van der Waals surface area contributed by atoms with Crippen molar-refractivity contribution in [3.63, 3.8) is 0 Å². The van der Waals surface area contributed by atoms with Crippen molar-refractivity contribution >= 4 is 64.8 Å². The van der Waals surface area contributed by atoms with Gasteiger partial charge in [-0.05, 0) is 84.8 Å². The maximum absolute atomic E-state index is 13.9. The molecule has 0 aliphatic carbocycles. The van der Waals surface area contributed by atoms with E-state index in [4.69, 9.17) is 45.5 Å². The molecule has 0 aromatic carbocycles. The van der Waals surface area contributed by atoms with Crippen molar-refractivity contribution in [2.45, 2.75) is 120 Å². The Balaban J connectivity index is 3.20. The fraction of sp³-hybridized carbons (Fsp3) is 0.619. The third-order valence-electron chi connectivity index (χ3n) is 10.6.